The fraction of sp³-hybridized carbons (Fsp3) is 0.222. The molecule has 0 bridgehead atoms. The Labute approximate surface area is 265 Å². The average Bonchev–Trinajstić information content (AvgIpc) is 3.77. The van der Waals surface area contributed by atoms with Gasteiger partial charge in [-0.05, 0) is 59.7 Å². The van der Waals surface area contributed by atoms with E-state index < -0.39 is 47.8 Å². The molecule has 4 saturated heterocycles. The molecule has 4 aliphatic rings. The molecular weight excluding hydrogens is 584 g/mol. The molecule has 0 aliphatic carbocycles. The molecular formula is C36H30N4O6. The SMILES string of the molecule is COc1ccc(N2C(=O)C3C(C2=O)N2C(c4ccccc4)C4C(=O)N(c5ccc(OC)cc5)C(=O)C4N2C3c2ccccc2)cc1. The highest BCUT2D eigenvalue weighted by molar-refractivity contribution is 6.26. The zero-order valence-electron chi connectivity index (χ0n) is 25.1. The molecule has 46 heavy (non-hydrogen) atoms. The number of amides is 4. The number of fused-ring (bicyclic) bond motifs is 5. The van der Waals surface area contributed by atoms with E-state index in [1.54, 1.807) is 62.8 Å². The smallest absolute Gasteiger partial charge is 0.253 e. The van der Waals surface area contributed by atoms with Gasteiger partial charge >= 0.3 is 0 Å². The number of carbonyl (C=O) groups excluding carboxylic acids is 4. The van der Waals surface area contributed by atoms with Crippen LogP contribution in [-0.4, -0.2) is 59.9 Å². The monoisotopic (exact) mass is 614 g/mol. The van der Waals surface area contributed by atoms with E-state index in [2.05, 4.69) is 0 Å². The van der Waals surface area contributed by atoms with Crippen LogP contribution in [0.2, 0.25) is 0 Å². The Balaban J connectivity index is 1.29. The van der Waals surface area contributed by atoms with E-state index in [-0.39, 0.29) is 11.8 Å². The van der Waals surface area contributed by atoms with Gasteiger partial charge in [-0.15, -0.1) is 0 Å². The lowest BCUT2D eigenvalue weighted by molar-refractivity contribution is -0.136. The maximum atomic E-state index is 14.5. The van der Waals surface area contributed by atoms with Crippen molar-refractivity contribution in [1.82, 2.24) is 10.0 Å². The number of rotatable bonds is 6. The Morgan fingerprint density at radius 3 is 1.11 bits per heavy atom. The van der Waals surface area contributed by atoms with Crippen molar-refractivity contribution < 1.29 is 28.7 Å². The van der Waals surface area contributed by atoms with Gasteiger partial charge in [0.25, 0.3) is 11.8 Å². The molecule has 4 aromatic rings. The first-order valence-corrected chi connectivity index (χ1v) is 15.1. The van der Waals surface area contributed by atoms with E-state index in [1.807, 2.05) is 70.7 Å². The molecule has 0 radical (unpaired) electrons. The number of ether oxygens (including phenoxy) is 2. The molecule has 0 aromatic heterocycles. The normalized spacial score (nSPS) is 27.3. The van der Waals surface area contributed by atoms with Crippen molar-refractivity contribution in [2.75, 3.05) is 24.0 Å². The summed E-state index contributed by atoms with van der Waals surface area (Å²) in [6, 6.07) is 29.3. The third-order valence-electron chi connectivity index (χ3n) is 9.67. The van der Waals surface area contributed by atoms with Gasteiger partial charge in [-0.2, -0.15) is 0 Å². The van der Waals surface area contributed by atoms with E-state index in [0.717, 1.165) is 11.1 Å². The number of nitrogens with zero attached hydrogens (tertiary/aromatic N) is 4. The second-order valence-electron chi connectivity index (χ2n) is 11.8. The minimum Gasteiger partial charge on any atom is -0.497 e. The third-order valence-corrected chi connectivity index (χ3v) is 9.67. The fourth-order valence-corrected chi connectivity index (χ4v) is 7.77. The summed E-state index contributed by atoms with van der Waals surface area (Å²) in [5, 5.41) is 3.75. The maximum absolute atomic E-state index is 14.5. The molecule has 4 heterocycles. The van der Waals surface area contributed by atoms with Crippen LogP contribution in [-0.2, 0) is 19.2 Å². The van der Waals surface area contributed by atoms with Crippen LogP contribution in [0.25, 0.3) is 0 Å². The highest BCUT2D eigenvalue weighted by Crippen LogP contribution is 2.59. The van der Waals surface area contributed by atoms with E-state index in [9.17, 15) is 19.2 Å². The van der Waals surface area contributed by atoms with Crippen molar-refractivity contribution in [2.45, 2.75) is 24.2 Å². The predicted molar refractivity (Wildman–Crippen MR) is 168 cm³/mol. The number of hydrogen-bond acceptors (Lipinski definition) is 8. The lowest BCUT2D eigenvalue weighted by Gasteiger charge is -2.35. The van der Waals surface area contributed by atoms with Crippen LogP contribution in [0.4, 0.5) is 11.4 Å². The molecule has 10 nitrogen and oxygen atoms in total. The molecule has 230 valence electrons. The van der Waals surface area contributed by atoms with Gasteiger partial charge in [-0.1, -0.05) is 60.7 Å². The minimum atomic E-state index is -0.925. The van der Waals surface area contributed by atoms with E-state index in [4.69, 9.17) is 9.47 Å². The van der Waals surface area contributed by atoms with Crippen LogP contribution in [0.3, 0.4) is 0 Å². The highest BCUT2D eigenvalue weighted by atomic mass is 16.5. The summed E-state index contributed by atoms with van der Waals surface area (Å²) < 4.78 is 10.6. The van der Waals surface area contributed by atoms with Crippen molar-refractivity contribution in [3.8, 4) is 11.5 Å². The lowest BCUT2D eigenvalue weighted by Crippen LogP contribution is -2.50. The minimum absolute atomic E-state index is 0.351. The predicted octanol–water partition coefficient (Wildman–Crippen LogP) is 4.15. The molecule has 10 heteroatoms. The molecule has 4 aromatic carbocycles. The highest BCUT2D eigenvalue weighted by Gasteiger charge is 2.73. The van der Waals surface area contributed by atoms with Gasteiger partial charge in [0, 0.05) is 0 Å². The first-order chi connectivity index (χ1) is 22.4. The third kappa shape index (κ3) is 3.90. The zero-order chi connectivity index (χ0) is 31.7. The van der Waals surface area contributed by atoms with Crippen molar-refractivity contribution in [3.05, 3.63) is 120 Å². The quantitative estimate of drug-likeness (QED) is 0.299. The van der Waals surface area contributed by atoms with Gasteiger partial charge in [-0.25, -0.2) is 19.8 Å². The fourth-order valence-electron chi connectivity index (χ4n) is 7.77. The summed E-state index contributed by atoms with van der Waals surface area (Å²) in [5.41, 5.74) is 2.45. The van der Waals surface area contributed by atoms with Crippen molar-refractivity contribution in [2.24, 2.45) is 11.8 Å². The van der Waals surface area contributed by atoms with Crippen LogP contribution < -0.4 is 19.3 Å². The molecule has 4 amide bonds. The lowest BCUT2D eigenvalue weighted by atomic mass is 9.84. The van der Waals surface area contributed by atoms with Crippen LogP contribution in [0.15, 0.2) is 109 Å². The molecule has 8 rings (SSSR count). The van der Waals surface area contributed by atoms with Gasteiger partial charge in [0.15, 0.2) is 0 Å². The molecule has 6 atom stereocenters. The van der Waals surface area contributed by atoms with Gasteiger partial charge in [-0.3, -0.25) is 19.2 Å². The van der Waals surface area contributed by atoms with Crippen LogP contribution >= 0.6 is 0 Å². The summed E-state index contributed by atoms with van der Waals surface area (Å²) in [7, 11) is 3.11. The Hall–Kier alpha value is -5.32. The van der Waals surface area contributed by atoms with Crippen LogP contribution in [0, 0.1) is 11.8 Å². The number of imide groups is 2. The summed E-state index contributed by atoms with van der Waals surface area (Å²) in [4.78, 5) is 60.3. The maximum Gasteiger partial charge on any atom is 0.253 e. The van der Waals surface area contributed by atoms with Gasteiger partial charge in [0.2, 0.25) is 11.8 Å². The molecule has 0 spiro atoms. The number of benzene rings is 4. The molecule has 0 N–H and O–H groups in total. The van der Waals surface area contributed by atoms with Crippen molar-refractivity contribution in [1.29, 1.82) is 0 Å². The van der Waals surface area contributed by atoms with Crippen LogP contribution in [0.1, 0.15) is 23.2 Å². The summed E-state index contributed by atoms with van der Waals surface area (Å²) in [5.74, 6) is -1.92. The second-order valence-corrected chi connectivity index (χ2v) is 11.8. The van der Waals surface area contributed by atoms with E-state index >= 15 is 0 Å². The van der Waals surface area contributed by atoms with Gasteiger partial charge < -0.3 is 9.47 Å². The first kappa shape index (κ1) is 28.2. The summed E-state index contributed by atoms with van der Waals surface area (Å²) in [6.07, 6.45) is 0. The number of methoxy groups -OCH3 is 2. The summed E-state index contributed by atoms with van der Waals surface area (Å²) >= 11 is 0. The van der Waals surface area contributed by atoms with Crippen molar-refractivity contribution >= 4 is 35.0 Å². The topological polar surface area (TPSA) is 99.7 Å². The van der Waals surface area contributed by atoms with Crippen LogP contribution in [0.5, 0.6) is 11.5 Å². The number of anilines is 2. The van der Waals surface area contributed by atoms with Gasteiger partial charge in [0.1, 0.15) is 23.6 Å². The second kappa shape index (κ2) is 10.6. The number of hydrogen-bond donors (Lipinski definition) is 0. The molecule has 0 saturated carbocycles. The zero-order valence-corrected chi connectivity index (χ0v) is 25.1. The Kier molecular flexibility index (Phi) is 6.52. The Bertz CT molecular complexity index is 1710. The number of carbonyl (C=O) groups is 4. The Morgan fingerprint density at radius 2 is 0.783 bits per heavy atom. The van der Waals surface area contributed by atoms with E-state index in [1.165, 1.54) is 9.80 Å². The number of hydrazine groups is 1. The Morgan fingerprint density at radius 1 is 0.435 bits per heavy atom. The average molecular weight is 615 g/mol. The largest absolute Gasteiger partial charge is 0.497 e. The summed E-state index contributed by atoms with van der Waals surface area (Å²) in [6.45, 7) is 0. The molecule has 4 fully saturated rings. The van der Waals surface area contributed by atoms with E-state index in [0.29, 0.717) is 22.9 Å². The first-order valence-electron chi connectivity index (χ1n) is 15.1. The molecule has 4 aliphatic heterocycles. The van der Waals surface area contributed by atoms with Gasteiger partial charge in [0.05, 0.1) is 49.5 Å². The molecule has 6 unspecified atom stereocenters. The standard InChI is InChI=1S/C36H30N4O6/c1-45-25-17-13-23(14-18-25)37-33(41)27-29(21-9-5-3-6-10-21)40-32-28(30(22-11-7-4-8-12-22)39(40)31(27)35(37)43)34(42)38(36(32)44)24-15-19-26(46-2)20-16-24/h3-20,27-32H,1-2H3. The van der Waals surface area contributed by atoms with Crippen molar-refractivity contribution in [3.63, 3.8) is 0 Å².